The maximum atomic E-state index is 12.4. The Balaban J connectivity index is 1.51. The topological polar surface area (TPSA) is 58.4 Å². The number of amides is 1. The van der Waals surface area contributed by atoms with Gasteiger partial charge in [-0.25, -0.2) is 0 Å². The second kappa shape index (κ2) is 8.49. The smallest absolute Gasteiger partial charge is 0.289 e. The first-order valence-corrected chi connectivity index (χ1v) is 9.58. The normalized spacial score (nSPS) is 17.4. The molecule has 2 heterocycles. The Morgan fingerprint density at radius 2 is 1.92 bits per heavy atom. The molecule has 3 rings (SSSR count). The molecule has 140 valence electrons. The highest BCUT2D eigenvalue weighted by Crippen LogP contribution is 2.23. The maximum Gasteiger partial charge on any atom is 0.289 e. The second-order valence-electron chi connectivity index (χ2n) is 7.53. The van der Waals surface area contributed by atoms with Crippen molar-refractivity contribution in [3.8, 4) is 0 Å². The molecule has 5 heteroatoms. The summed E-state index contributed by atoms with van der Waals surface area (Å²) in [5.41, 5.74) is 1.94. The van der Waals surface area contributed by atoms with Crippen LogP contribution in [0.2, 0.25) is 0 Å². The molecular formula is C21H29N3O2. The molecule has 5 nitrogen and oxygen atoms in total. The molecule has 0 saturated carbocycles. The standard InChI is InChI=1S/C21H29N3O2/c1-15(2)24-11-9-17(10-12-24)14-22-21(25)20-13-19(23-26-20)16(3)18-7-5-4-6-8-18/h4-8,13,15-17H,9-12,14H2,1-3H3,(H,22,25). The van der Waals surface area contributed by atoms with Crippen LogP contribution in [0, 0.1) is 5.92 Å². The number of hydrogen-bond donors (Lipinski definition) is 1. The van der Waals surface area contributed by atoms with Gasteiger partial charge in [0.05, 0.1) is 5.69 Å². The fourth-order valence-electron chi connectivity index (χ4n) is 3.51. The molecule has 1 aliphatic heterocycles. The Bertz CT molecular complexity index is 703. The number of likely N-dealkylation sites (tertiary alicyclic amines) is 1. The fourth-order valence-corrected chi connectivity index (χ4v) is 3.51. The van der Waals surface area contributed by atoms with Crippen LogP contribution in [0.5, 0.6) is 0 Å². The van der Waals surface area contributed by atoms with Crippen LogP contribution in [-0.2, 0) is 0 Å². The quantitative estimate of drug-likeness (QED) is 0.859. The van der Waals surface area contributed by atoms with Crippen LogP contribution in [0.4, 0.5) is 0 Å². The van der Waals surface area contributed by atoms with Gasteiger partial charge in [0.25, 0.3) is 5.91 Å². The van der Waals surface area contributed by atoms with E-state index in [9.17, 15) is 4.79 Å². The highest BCUT2D eigenvalue weighted by Gasteiger charge is 2.22. The van der Waals surface area contributed by atoms with Gasteiger partial charge < -0.3 is 14.7 Å². The third-order valence-corrected chi connectivity index (χ3v) is 5.43. The van der Waals surface area contributed by atoms with Gasteiger partial charge in [0, 0.05) is 24.6 Å². The summed E-state index contributed by atoms with van der Waals surface area (Å²) in [4.78, 5) is 14.9. The first-order valence-electron chi connectivity index (χ1n) is 9.58. The van der Waals surface area contributed by atoms with Crippen LogP contribution in [0.1, 0.15) is 61.3 Å². The van der Waals surface area contributed by atoms with Gasteiger partial charge in [-0.05, 0) is 51.3 Å². The Labute approximate surface area is 155 Å². The SMILES string of the molecule is CC(c1ccccc1)c1cc(C(=O)NCC2CCN(C(C)C)CC2)on1. The number of carbonyl (C=O) groups excluding carboxylic acids is 1. The number of hydrogen-bond acceptors (Lipinski definition) is 4. The van der Waals surface area contributed by atoms with Crippen LogP contribution in [-0.4, -0.2) is 41.6 Å². The molecule has 0 aliphatic carbocycles. The molecule has 1 N–H and O–H groups in total. The molecule has 1 amide bonds. The summed E-state index contributed by atoms with van der Waals surface area (Å²) in [5, 5.41) is 7.11. The van der Waals surface area contributed by atoms with Crippen molar-refractivity contribution in [2.75, 3.05) is 19.6 Å². The van der Waals surface area contributed by atoms with Crippen LogP contribution in [0.3, 0.4) is 0 Å². The number of nitrogens with zero attached hydrogens (tertiary/aromatic N) is 2. The Kier molecular flexibility index (Phi) is 6.09. The largest absolute Gasteiger partial charge is 0.351 e. The first-order chi connectivity index (χ1) is 12.5. The van der Waals surface area contributed by atoms with Crippen molar-refractivity contribution in [2.24, 2.45) is 5.92 Å². The lowest BCUT2D eigenvalue weighted by Gasteiger charge is -2.34. The van der Waals surface area contributed by atoms with Crippen LogP contribution < -0.4 is 5.32 Å². The Morgan fingerprint density at radius 1 is 1.23 bits per heavy atom. The van der Waals surface area contributed by atoms with E-state index in [0.29, 0.717) is 24.3 Å². The third kappa shape index (κ3) is 4.52. The van der Waals surface area contributed by atoms with Gasteiger partial charge in [-0.1, -0.05) is 42.4 Å². The average molecular weight is 355 g/mol. The lowest BCUT2D eigenvalue weighted by Crippen LogP contribution is -2.41. The summed E-state index contributed by atoms with van der Waals surface area (Å²) < 4.78 is 5.29. The summed E-state index contributed by atoms with van der Waals surface area (Å²) in [5.74, 6) is 0.763. The summed E-state index contributed by atoms with van der Waals surface area (Å²) in [6.45, 7) is 9.46. The van der Waals surface area contributed by atoms with E-state index in [2.05, 4.69) is 48.3 Å². The molecule has 1 aromatic carbocycles. The Hall–Kier alpha value is -2.14. The van der Waals surface area contributed by atoms with E-state index in [0.717, 1.165) is 37.2 Å². The molecule has 2 aromatic rings. The van der Waals surface area contributed by atoms with E-state index < -0.39 is 0 Å². The number of nitrogens with one attached hydrogen (secondary N) is 1. The maximum absolute atomic E-state index is 12.4. The molecule has 1 aromatic heterocycles. The molecule has 26 heavy (non-hydrogen) atoms. The lowest BCUT2D eigenvalue weighted by molar-refractivity contribution is 0.0893. The first kappa shape index (κ1) is 18.6. The van der Waals surface area contributed by atoms with Crippen molar-refractivity contribution in [1.29, 1.82) is 0 Å². The van der Waals surface area contributed by atoms with E-state index in [1.54, 1.807) is 6.07 Å². The summed E-state index contributed by atoms with van der Waals surface area (Å²) in [6, 6.07) is 12.5. The number of aromatic nitrogens is 1. The minimum atomic E-state index is -0.171. The monoisotopic (exact) mass is 355 g/mol. The summed E-state index contributed by atoms with van der Waals surface area (Å²) >= 11 is 0. The molecule has 1 saturated heterocycles. The van der Waals surface area contributed by atoms with Crippen molar-refractivity contribution >= 4 is 5.91 Å². The Morgan fingerprint density at radius 3 is 2.58 bits per heavy atom. The van der Waals surface area contributed by atoms with Crippen molar-refractivity contribution in [3.05, 3.63) is 53.4 Å². The van der Waals surface area contributed by atoms with Gasteiger partial charge in [-0.3, -0.25) is 4.79 Å². The minimum absolute atomic E-state index is 0.0989. The predicted octanol–water partition coefficient (Wildman–Crippen LogP) is 3.68. The van der Waals surface area contributed by atoms with E-state index in [1.165, 1.54) is 0 Å². The predicted molar refractivity (Wildman–Crippen MR) is 102 cm³/mol. The zero-order chi connectivity index (χ0) is 18.5. The van der Waals surface area contributed by atoms with Gasteiger partial charge >= 0.3 is 0 Å². The molecule has 0 bridgehead atoms. The van der Waals surface area contributed by atoms with Crippen molar-refractivity contribution in [1.82, 2.24) is 15.4 Å². The van der Waals surface area contributed by atoms with E-state index in [1.807, 2.05) is 18.2 Å². The number of piperidine rings is 1. The molecular weight excluding hydrogens is 326 g/mol. The molecule has 1 aliphatic rings. The molecule has 0 spiro atoms. The molecule has 1 unspecified atom stereocenters. The highest BCUT2D eigenvalue weighted by atomic mass is 16.5. The highest BCUT2D eigenvalue weighted by molar-refractivity contribution is 5.91. The zero-order valence-electron chi connectivity index (χ0n) is 15.9. The molecule has 1 atom stereocenters. The van der Waals surface area contributed by atoms with Crippen LogP contribution in [0.25, 0.3) is 0 Å². The van der Waals surface area contributed by atoms with Crippen molar-refractivity contribution in [3.63, 3.8) is 0 Å². The van der Waals surface area contributed by atoms with E-state index >= 15 is 0 Å². The molecule has 0 radical (unpaired) electrons. The lowest BCUT2D eigenvalue weighted by atomic mass is 9.96. The van der Waals surface area contributed by atoms with Gasteiger partial charge in [0.2, 0.25) is 5.76 Å². The summed E-state index contributed by atoms with van der Waals surface area (Å²) in [6.07, 6.45) is 2.26. The van der Waals surface area contributed by atoms with Crippen LogP contribution in [0.15, 0.2) is 40.9 Å². The van der Waals surface area contributed by atoms with E-state index in [4.69, 9.17) is 4.52 Å². The summed E-state index contributed by atoms with van der Waals surface area (Å²) in [7, 11) is 0. The van der Waals surface area contributed by atoms with E-state index in [-0.39, 0.29) is 11.8 Å². The van der Waals surface area contributed by atoms with Crippen molar-refractivity contribution in [2.45, 2.75) is 45.6 Å². The third-order valence-electron chi connectivity index (χ3n) is 5.43. The fraction of sp³-hybridized carbons (Fsp3) is 0.524. The van der Waals surface area contributed by atoms with Crippen molar-refractivity contribution < 1.29 is 9.32 Å². The average Bonchev–Trinajstić information content (AvgIpc) is 3.17. The number of benzene rings is 1. The van der Waals surface area contributed by atoms with Crippen LogP contribution >= 0.6 is 0 Å². The van der Waals surface area contributed by atoms with Gasteiger partial charge in [0.15, 0.2) is 0 Å². The number of rotatable bonds is 6. The van der Waals surface area contributed by atoms with Gasteiger partial charge in [-0.2, -0.15) is 0 Å². The number of carbonyl (C=O) groups is 1. The molecule has 1 fully saturated rings. The van der Waals surface area contributed by atoms with Gasteiger partial charge in [-0.15, -0.1) is 0 Å². The van der Waals surface area contributed by atoms with Gasteiger partial charge in [0.1, 0.15) is 0 Å². The second-order valence-corrected chi connectivity index (χ2v) is 7.53. The minimum Gasteiger partial charge on any atom is -0.351 e. The zero-order valence-corrected chi connectivity index (χ0v) is 15.9.